The van der Waals surface area contributed by atoms with Gasteiger partial charge < -0.3 is 9.84 Å². The Hall–Kier alpha value is -4.37. The van der Waals surface area contributed by atoms with Gasteiger partial charge in [0.2, 0.25) is 0 Å². The van der Waals surface area contributed by atoms with E-state index in [2.05, 4.69) is 11.6 Å². The molecule has 1 aliphatic rings. The Morgan fingerprint density at radius 2 is 1.75 bits per heavy atom. The van der Waals surface area contributed by atoms with Gasteiger partial charge in [-0.3, -0.25) is 14.5 Å². The number of halogens is 2. The van der Waals surface area contributed by atoms with Crippen molar-refractivity contribution in [3.05, 3.63) is 108 Å². The quantitative estimate of drug-likeness (QED) is 0.156. The lowest BCUT2D eigenvalue weighted by Crippen LogP contribution is -2.29. The molecular formula is C27H18F2N2O4S. The van der Waals surface area contributed by atoms with Gasteiger partial charge in [0, 0.05) is 5.56 Å². The molecule has 1 fully saturated rings. The van der Waals surface area contributed by atoms with Crippen molar-refractivity contribution >= 4 is 44.1 Å². The second-order valence-electron chi connectivity index (χ2n) is 7.95. The van der Waals surface area contributed by atoms with Crippen molar-refractivity contribution in [3.8, 4) is 5.75 Å². The van der Waals surface area contributed by atoms with Crippen molar-refractivity contribution < 1.29 is 28.2 Å². The molecule has 36 heavy (non-hydrogen) atoms. The number of hydrogen-bond acceptors (Lipinski definition) is 6. The number of thiazole rings is 1. The third-order valence-electron chi connectivity index (χ3n) is 5.67. The molecule has 1 N–H and O–H groups in total. The summed E-state index contributed by atoms with van der Waals surface area (Å²) in [6.45, 7) is 3.91. The van der Waals surface area contributed by atoms with Crippen LogP contribution in [0, 0.1) is 11.6 Å². The van der Waals surface area contributed by atoms with Crippen LogP contribution < -0.4 is 9.64 Å². The molecule has 4 aromatic rings. The number of aliphatic hydroxyl groups is 1. The summed E-state index contributed by atoms with van der Waals surface area (Å²) in [5.41, 5.74) is 0.978. The average molecular weight is 505 g/mol. The number of ketones is 1. The van der Waals surface area contributed by atoms with E-state index < -0.39 is 35.1 Å². The summed E-state index contributed by atoms with van der Waals surface area (Å²) in [4.78, 5) is 32.1. The molecule has 1 unspecified atom stereocenters. The van der Waals surface area contributed by atoms with E-state index in [-0.39, 0.29) is 16.3 Å². The summed E-state index contributed by atoms with van der Waals surface area (Å²) in [5.74, 6) is -2.68. The molecule has 0 aliphatic carbocycles. The van der Waals surface area contributed by atoms with Crippen molar-refractivity contribution in [3.63, 3.8) is 0 Å². The molecule has 9 heteroatoms. The summed E-state index contributed by atoms with van der Waals surface area (Å²) >= 11 is 1.05. The Labute approximate surface area is 208 Å². The molecule has 1 saturated heterocycles. The Morgan fingerprint density at radius 1 is 1.06 bits per heavy atom. The van der Waals surface area contributed by atoms with E-state index in [1.54, 1.807) is 30.3 Å². The highest BCUT2D eigenvalue weighted by molar-refractivity contribution is 7.22. The summed E-state index contributed by atoms with van der Waals surface area (Å²) in [6, 6.07) is 14.6. The highest BCUT2D eigenvalue weighted by Gasteiger charge is 2.48. The van der Waals surface area contributed by atoms with E-state index in [0.29, 0.717) is 28.1 Å². The number of nitrogens with zero attached hydrogens (tertiary/aromatic N) is 2. The Balaban J connectivity index is 1.68. The van der Waals surface area contributed by atoms with Crippen LogP contribution in [-0.4, -0.2) is 28.4 Å². The largest absolute Gasteiger partial charge is 0.507 e. The Kier molecular flexibility index (Phi) is 6.07. The van der Waals surface area contributed by atoms with Gasteiger partial charge in [-0.25, -0.2) is 13.8 Å². The van der Waals surface area contributed by atoms with E-state index in [9.17, 15) is 23.5 Å². The number of ether oxygens (including phenoxy) is 1. The van der Waals surface area contributed by atoms with Crippen LogP contribution in [0.3, 0.4) is 0 Å². The van der Waals surface area contributed by atoms with Crippen LogP contribution in [-0.2, 0) is 9.59 Å². The number of anilines is 1. The van der Waals surface area contributed by atoms with E-state index in [0.717, 1.165) is 23.5 Å². The second kappa shape index (κ2) is 9.35. The standard InChI is InChI=1S/C27H18F2N2O4S/c1-2-13-35-19-10-5-15(6-11-19)23-22(24(32)16-3-7-17(28)8-4-16)25(33)26(34)31(23)27-30-20-12-9-18(29)14-21(20)36-27/h2-12,14,23,32H,1,13H2. The third kappa shape index (κ3) is 4.14. The van der Waals surface area contributed by atoms with Crippen LogP contribution >= 0.6 is 11.3 Å². The monoisotopic (exact) mass is 504 g/mol. The van der Waals surface area contributed by atoms with Crippen molar-refractivity contribution in [2.24, 2.45) is 0 Å². The lowest BCUT2D eigenvalue weighted by atomic mass is 9.95. The minimum absolute atomic E-state index is 0.170. The molecule has 0 saturated carbocycles. The van der Waals surface area contributed by atoms with Gasteiger partial charge in [-0.2, -0.15) is 0 Å². The zero-order valence-electron chi connectivity index (χ0n) is 18.7. The summed E-state index contributed by atoms with van der Waals surface area (Å²) in [7, 11) is 0. The summed E-state index contributed by atoms with van der Waals surface area (Å²) < 4.78 is 33.3. The molecule has 1 atom stereocenters. The minimum Gasteiger partial charge on any atom is -0.507 e. The van der Waals surface area contributed by atoms with E-state index >= 15 is 0 Å². The molecule has 0 bridgehead atoms. The lowest BCUT2D eigenvalue weighted by Gasteiger charge is -2.23. The molecule has 5 rings (SSSR count). The smallest absolute Gasteiger partial charge is 0.301 e. The molecule has 3 aromatic carbocycles. The number of Topliss-reactive ketones (excluding diaryl/α,β-unsaturated/α-hetero) is 1. The van der Waals surface area contributed by atoms with Gasteiger partial charge in [0.05, 0.1) is 21.8 Å². The number of amides is 1. The zero-order chi connectivity index (χ0) is 25.4. The highest BCUT2D eigenvalue weighted by atomic mass is 32.1. The first kappa shape index (κ1) is 23.4. The molecule has 1 aliphatic heterocycles. The lowest BCUT2D eigenvalue weighted by molar-refractivity contribution is -0.132. The SMILES string of the molecule is C=CCOc1ccc(C2C(=C(O)c3ccc(F)cc3)C(=O)C(=O)N2c2nc3ccc(F)cc3s2)cc1. The average Bonchev–Trinajstić information content (AvgIpc) is 3.40. The van der Waals surface area contributed by atoms with Crippen LogP contribution in [0.2, 0.25) is 0 Å². The van der Waals surface area contributed by atoms with Gasteiger partial charge in [-0.1, -0.05) is 36.1 Å². The third-order valence-corrected chi connectivity index (χ3v) is 6.69. The predicted octanol–water partition coefficient (Wildman–Crippen LogP) is 5.77. The van der Waals surface area contributed by atoms with E-state index in [4.69, 9.17) is 4.74 Å². The van der Waals surface area contributed by atoms with Crippen LogP contribution in [0.5, 0.6) is 5.75 Å². The molecular weight excluding hydrogens is 486 g/mol. The Morgan fingerprint density at radius 3 is 2.44 bits per heavy atom. The first-order valence-electron chi connectivity index (χ1n) is 10.8. The normalized spacial score (nSPS) is 17.1. The van der Waals surface area contributed by atoms with Gasteiger partial charge in [-0.05, 0) is 60.2 Å². The molecule has 2 heterocycles. The van der Waals surface area contributed by atoms with Crippen molar-refractivity contribution in [2.45, 2.75) is 6.04 Å². The molecule has 0 spiro atoms. The maximum atomic E-state index is 13.8. The number of hydrogen-bond donors (Lipinski definition) is 1. The van der Waals surface area contributed by atoms with Gasteiger partial charge in [0.15, 0.2) is 5.13 Å². The van der Waals surface area contributed by atoms with Gasteiger partial charge in [0.1, 0.15) is 29.8 Å². The number of benzene rings is 3. The van der Waals surface area contributed by atoms with Crippen LogP contribution in [0.4, 0.5) is 13.9 Å². The fraction of sp³-hybridized carbons (Fsp3) is 0.0741. The zero-order valence-corrected chi connectivity index (χ0v) is 19.5. The number of aliphatic hydroxyl groups excluding tert-OH is 1. The van der Waals surface area contributed by atoms with Crippen molar-refractivity contribution in [1.82, 2.24) is 4.98 Å². The van der Waals surface area contributed by atoms with Crippen LogP contribution in [0.1, 0.15) is 17.2 Å². The summed E-state index contributed by atoms with van der Waals surface area (Å²) in [6.07, 6.45) is 1.60. The van der Waals surface area contributed by atoms with Gasteiger partial charge in [0.25, 0.3) is 5.78 Å². The van der Waals surface area contributed by atoms with Crippen LogP contribution in [0.15, 0.2) is 85.0 Å². The van der Waals surface area contributed by atoms with E-state index in [1.807, 2.05) is 0 Å². The fourth-order valence-electron chi connectivity index (χ4n) is 4.00. The number of aromatic nitrogens is 1. The fourth-order valence-corrected chi connectivity index (χ4v) is 5.02. The van der Waals surface area contributed by atoms with Crippen LogP contribution in [0.25, 0.3) is 16.0 Å². The Bertz CT molecular complexity index is 1530. The van der Waals surface area contributed by atoms with Crippen molar-refractivity contribution in [1.29, 1.82) is 0 Å². The molecule has 1 amide bonds. The maximum absolute atomic E-state index is 13.8. The number of fused-ring (bicyclic) bond motifs is 1. The molecule has 0 radical (unpaired) electrons. The number of carbonyl (C=O) groups is 2. The number of rotatable bonds is 6. The second-order valence-corrected chi connectivity index (χ2v) is 8.96. The number of carbonyl (C=O) groups excluding carboxylic acids is 2. The first-order valence-corrected chi connectivity index (χ1v) is 11.7. The predicted molar refractivity (Wildman–Crippen MR) is 133 cm³/mol. The minimum atomic E-state index is -1.03. The summed E-state index contributed by atoms with van der Waals surface area (Å²) in [5, 5.41) is 11.3. The topological polar surface area (TPSA) is 79.7 Å². The van der Waals surface area contributed by atoms with E-state index in [1.165, 1.54) is 35.2 Å². The first-order chi connectivity index (χ1) is 17.4. The van der Waals surface area contributed by atoms with Gasteiger partial charge in [-0.15, -0.1) is 0 Å². The maximum Gasteiger partial charge on any atom is 0.301 e. The molecule has 1 aromatic heterocycles. The molecule has 6 nitrogen and oxygen atoms in total. The molecule has 180 valence electrons. The van der Waals surface area contributed by atoms with Gasteiger partial charge >= 0.3 is 5.91 Å². The van der Waals surface area contributed by atoms with Crippen molar-refractivity contribution in [2.75, 3.05) is 11.5 Å². The highest BCUT2D eigenvalue weighted by Crippen LogP contribution is 2.44.